The average Bonchev–Trinajstić information content (AvgIpc) is 3.10. The van der Waals surface area contributed by atoms with E-state index >= 15 is 0 Å². The van der Waals surface area contributed by atoms with Crippen molar-refractivity contribution in [1.82, 2.24) is 20.1 Å². The average molecular weight is 218 g/mol. The Morgan fingerprint density at radius 1 is 0.688 bits per heavy atom. The van der Waals surface area contributed by atoms with Crippen LogP contribution in [0.2, 0.25) is 0 Å². The van der Waals surface area contributed by atoms with E-state index in [-0.39, 0.29) is 0 Å². The molecule has 0 N–H and O–H groups in total. The lowest BCUT2D eigenvalue weighted by molar-refractivity contribution is 0.420. The summed E-state index contributed by atoms with van der Waals surface area (Å²) in [4.78, 5) is 11.0. The van der Waals surface area contributed by atoms with Gasteiger partial charge in [0.15, 0.2) is 6.39 Å². The number of hydrogen-bond acceptors (Lipinski definition) is 6. The molecule has 6 nitrogen and oxygen atoms in total. The number of aromatic nitrogens is 4. The van der Waals surface area contributed by atoms with Crippen LogP contribution >= 0.6 is 0 Å². The number of rotatable bonds is 0. The molecule has 0 unspecified atom stereocenters. The van der Waals surface area contributed by atoms with Crippen LogP contribution in [0.5, 0.6) is 0 Å². The molecule has 0 atom stereocenters. The first-order valence-corrected chi connectivity index (χ1v) is 4.36. The lowest BCUT2D eigenvalue weighted by Crippen LogP contribution is -1.66. The molecular weight excluding hydrogens is 208 g/mol. The zero-order chi connectivity index (χ0) is 11.3. The fourth-order valence-electron chi connectivity index (χ4n) is 0.605. The third-order valence-corrected chi connectivity index (χ3v) is 1.17. The summed E-state index contributed by atoms with van der Waals surface area (Å²) in [6, 6.07) is 1.72. The quantitative estimate of drug-likeness (QED) is 0.572. The highest BCUT2D eigenvalue weighted by Gasteiger charge is 1.60. The van der Waals surface area contributed by atoms with Gasteiger partial charge >= 0.3 is 0 Å². The smallest absolute Gasteiger partial charge is 0.180 e. The van der Waals surface area contributed by atoms with Crippen LogP contribution in [0.25, 0.3) is 0 Å². The Balaban J connectivity index is 0.000000121. The van der Waals surface area contributed by atoms with Gasteiger partial charge in [-0.3, -0.25) is 9.97 Å². The van der Waals surface area contributed by atoms with Gasteiger partial charge in [-0.1, -0.05) is 5.16 Å². The summed E-state index contributed by atoms with van der Waals surface area (Å²) in [5.74, 6) is 0. The van der Waals surface area contributed by atoms with Crippen LogP contribution in [0, 0.1) is 0 Å². The highest BCUT2D eigenvalue weighted by Crippen LogP contribution is 1.72. The van der Waals surface area contributed by atoms with Crippen LogP contribution in [0.15, 0.2) is 71.1 Å². The largest absolute Gasteiger partial charge is 0.452 e. The normalized spacial score (nSPS) is 8.00. The molecule has 0 aromatic carbocycles. The molecule has 0 amide bonds. The molecule has 0 radical (unpaired) electrons. The minimum atomic E-state index is 1.38. The molecular formula is C10H10N4O2. The van der Waals surface area contributed by atoms with Crippen molar-refractivity contribution in [2.45, 2.75) is 0 Å². The second-order valence-electron chi connectivity index (χ2n) is 2.26. The maximum Gasteiger partial charge on any atom is 0.180 e. The van der Waals surface area contributed by atoms with Gasteiger partial charge in [-0.05, 0) is 6.07 Å². The molecule has 0 aliphatic carbocycles. The topological polar surface area (TPSA) is 77.8 Å². The Labute approximate surface area is 92.0 Å². The highest BCUT2D eigenvalue weighted by molar-refractivity contribution is 4.70. The summed E-state index contributed by atoms with van der Waals surface area (Å²) < 4.78 is 8.81. The first kappa shape index (κ1) is 11.6. The van der Waals surface area contributed by atoms with E-state index in [1.807, 2.05) is 0 Å². The lowest BCUT2D eigenvalue weighted by Gasteiger charge is -1.70. The minimum absolute atomic E-state index is 1.38. The molecule has 0 bridgehead atoms. The van der Waals surface area contributed by atoms with Crippen molar-refractivity contribution in [3.63, 3.8) is 0 Å². The molecule has 16 heavy (non-hydrogen) atoms. The van der Waals surface area contributed by atoms with Crippen LogP contribution in [-0.4, -0.2) is 20.1 Å². The first-order chi connectivity index (χ1) is 8.00. The van der Waals surface area contributed by atoms with Gasteiger partial charge < -0.3 is 8.94 Å². The van der Waals surface area contributed by atoms with E-state index in [1.165, 1.54) is 18.9 Å². The molecule has 3 aromatic rings. The molecule has 0 saturated heterocycles. The molecule has 3 heterocycles. The monoisotopic (exact) mass is 218 g/mol. The number of oxazole rings is 1. The van der Waals surface area contributed by atoms with Crippen molar-refractivity contribution in [2.24, 2.45) is 0 Å². The van der Waals surface area contributed by atoms with E-state index in [9.17, 15) is 0 Å². The van der Waals surface area contributed by atoms with E-state index in [1.54, 1.807) is 43.2 Å². The SMILES string of the molecule is c1cnccn1.c1cnoc1.c1cocn1. The van der Waals surface area contributed by atoms with E-state index < -0.39 is 0 Å². The Bertz CT molecular complexity index is 312. The molecule has 0 aliphatic heterocycles. The molecule has 3 rings (SSSR count). The Morgan fingerprint density at radius 2 is 1.44 bits per heavy atom. The zero-order valence-electron chi connectivity index (χ0n) is 8.38. The summed E-state index contributed by atoms with van der Waals surface area (Å²) in [7, 11) is 0. The Kier molecular flexibility index (Phi) is 6.56. The van der Waals surface area contributed by atoms with Gasteiger partial charge in [-0.15, -0.1) is 0 Å². The molecule has 82 valence electrons. The second kappa shape index (κ2) is 9.07. The number of nitrogens with zero attached hydrogens (tertiary/aromatic N) is 4. The van der Waals surface area contributed by atoms with Crippen molar-refractivity contribution in [2.75, 3.05) is 0 Å². The number of hydrogen-bond donors (Lipinski definition) is 0. The summed E-state index contributed by atoms with van der Waals surface area (Å²) >= 11 is 0. The van der Waals surface area contributed by atoms with Crippen molar-refractivity contribution in [1.29, 1.82) is 0 Å². The molecule has 0 saturated carbocycles. The van der Waals surface area contributed by atoms with Crippen LogP contribution in [0.1, 0.15) is 0 Å². The van der Waals surface area contributed by atoms with Gasteiger partial charge in [-0.25, -0.2) is 4.98 Å². The predicted octanol–water partition coefficient (Wildman–Crippen LogP) is 1.83. The molecule has 0 fully saturated rings. The Morgan fingerprint density at radius 3 is 1.62 bits per heavy atom. The molecule has 3 aromatic heterocycles. The highest BCUT2D eigenvalue weighted by atomic mass is 16.5. The zero-order valence-corrected chi connectivity index (χ0v) is 8.38. The predicted molar refractivity (Wildman–Crippen MR) is 55.0 cm³/mol. The lowest BCUT2D eigenvalue weighted by atomic mass is 10.8. The van der Waals surface area contributed by atoms with Gasteiger partial charge in [0.1, 0.15) is 12.5 Å². The van der Waals surface area contributed by atoms with Crippen molar-refractivity contribution >= 4 is 0 Å². The van der Waals surface area contributed by atoms with Gasteiger partial charge in [0.25, 0.3) is 0 Å². The van der Waals surface area contributed by atoms with E-state index in [4.69, 9.17) is 0 Å². The van der Waals surface area contributed by atoms with Crippen molar-refractivity contribution in [3.05, 3.63) is 62.2 Å². The van der Waals surface area contributed by atoms with Gasteiger partial charge in [0.2, 0.25) is 0 Å². The Hall–Kier alpha value is -2.50. The van der Waals surface area contributed by atoms with Gasteiger partial charge in [-0.2, -0.15) is 0 Å². The molecule has 0 spiro atoms. The minimum Gasteiger partial charge on any atom is -0.452 e. The standard InChI is InChI=1S/C4H4N2.2C3H3NO/c1-2-6-4-3-5-1;1-2-5-3-4-1;1-2-4-5-3-1/h1-4H;2*1-3H. The van der Waals surface area contributed by atoms with Crippen LogP contribution in [0.4, 0.5) is 0 Å². The van der Waals surface area contributed by atoms with Crippen LogP contribution in [0.3, 0.4) is 0 Å². The van der Waals surface area contributed by atoms with Crippen molar-refractivity contribution < 1.29 is 8.94 Å². The summed E-state index contributed by atoms with van der Waals surface area (Å²) in [6.07, 6.45) is 14.1. The summed E-state index contributed by atoms with van der Waals surface area (Å²) in [5.41, 5.74) is 0. The van der Waals surface area contributed by atoms with E-state index in [0.29, 0.717) is 0 Å². The van der Waals surface area contributed by atoms with Crippen LogP contribution in [-0.2, 0) is 0 Å². The summed E-state index contributed by atoms with van der Waals surface area (Å²) in [5, 5.41) is 3.35. The van der Waals surface area contributed by atoms with Crippen molar-refractivity contribution in [3.8, 4) is 0 Å². The van der Waals surface area contributed by atoms with Gasteiger partial charge in [0.05, 0.1) is 12.4 Å². The maximum absolute atomic E-state index is 4.47. The van der Waals surface area contributed by atoms with Crippen LogP contribution < -0.4 is 0 Å². The third kappa shape index (κ3) is 6.96. The molecule has 6 heteroatoms. The summed E-state index contributed by atoms with van der Waals surface area (Å²) in [6.45, 7) is 0. The van der Waals surface area contributed by atoms with E-state index in [2.05, 4.69) is 29.0 Å². The second-order valence-corrected chi connectivity index (χ2v) is 2.26. The van der Waals surface area contributed by atoms with Gasteiger partial charge in [0, 0.05) is 24.8 Å². The van der Waals surface area contributed by atoms with E-state index in [0.717, 1.165) is 0 Å². The first-order valence-electron chi connectivity index (χ1n) is 4.36. The maximum atomic E-state index is 4.47. The molecule has 0 aliphatic rings. The fraction of sp³-hybridized carbons (Fsp3) is 0. The fourth-order valence-corrected chi connectivity index (χ4v) is 0.605. The third-order valence-electron chi connectivity index (χ3n) is 1.17.